The Morgan fingerprint density at radius 3 is 2.56 bits per heavy atom. The van der Waals surface area contributed by atoms with E-state index in [2.05, 4.69) is 15.7 Å². The first-order valence-electron chi connectivity index (χ1n) is 10.0. The Hall–Kier alpha value is -2.12. The SMILES string of the molecule is CC(C)CC(=O)NC(C(=O)NCCCn1nc2n(c1=O)CCCC2)C(C)C. The van der Waals surface area contributed by atoms with Crippen LogP contribution >= 0.6 is 0 Å². The molecule has 0 saturated heterocycles. The Kier molecular flexibility index (Phi) is 7.62. The zero-order valence-corrected chi connectivity index (χ0v) is 17.0. The minimum atomic E-state index is -0.543. The van der Waals surface area contributed by atoms with Crippen molar-refractivity contribution in [1.82, 2.24) is 25.0 Å². The van der Waals surface area contributed by atoms with Crippen molar-refractivity contribution in [3.05, 3.63) is 16.3 Å². The number of carbonyl (C=O) groups is 2. The first kappa shape index (κ1) is 21.2. The molecule has 8 nitrogen and oxygen atoms in total. The van der Waals surface area contributed by atoms with Crippen LogP contribution in [0.2, 0.25) is 0 Å². The van der Waals surface area contributed by atoms with E-state index in [9.17, 15) is 14.4 Å². The lowest BCUT2D eigenvalue weighted by Crippen LogP contribution is -2.50. The molecule has 1 atom stereocenters. The molecule has 0 bridgehead atoms. The molecular weight excluding hydrogens is 346 g/mol. The molecule has 2 rings (SSSR count). The molecule has 2 heterocycles. The summed E-state index contributed by atoms with van der Waals surface area (Å²) in [6.07, 6.45) is 3.97. The number of hydrogen-bond donors (Lipinski definition) is 2. The highest BCUT2D eigenvalue weighted by atomic mass is 16.2. The average molecular weight is 380 g/mol. The van der Waals surface area contributed by atoms with E-state index >= 15 is 0 Å². The van der Waals surface area contributed by atoms with E-state index in [1.807, 2.05) is 27.7 Å². The monoisotopic (exact) mass is 379 g/mol. The van der Waals surface area contributed by atoms with Crippen LogP contribution in [-0.2, 0) is 29.1 Å². The second kappa shape index (κ2) is 9.71. The van der Waals surface area contributed by atoms with Crippen molar-refractivity contribution in [3.63, 3.8) is 0 Å². The van der Waals surface area contributed by atoms with Crippen molar-refractivity contribution < 1.29 is 9.59 Å². The summed E-state index contributed by atoms with van der Waals surface area (Å²) in [7, 11) is 0. The molecule has 1 aromatic rings. The van der Waals surface area contributed by atoms with Crippen molar-refractivity contribution in [2.75, 3.05) is 6.54 Å². The van der Waals surface area contributed by atoms with Crippen LogP contribution < -0.4 is 16.3 Å². The van der Waals surface area contributed by atoms with Crippen LogP contribution in [-0.4, -0.2) is 38.7 Å². The highest BCUT2D eigenvalue weighted by molar-refractivity contribution is 5.87. The van der Waals surface area contributed by atoms with Gasteiger partial charge in [0, 0.05) is 32.5 Å². The quantitative estimate of drug-likeness (QED) is 0.627. The van der Waals surface area contributed by atoms with Crippen LogP contribution in [0.15, 0.2) is 4.79 Å². The van der Waals surface area contributed by atoms with Gasteiger partial charge in [-0.05, 0) is 31.1 Å². The Labute approximate surface area is 160 Å². The second-order valence-corrected chi connectivity index (χ2v) is 8.06. The summed E-state index contributed by atoms with van der Waals surface area (Å²) in [4.78, 5) is 36.7. The van der Waals surface area contributed by atoms with Gasteiger partial charge in [-0.15, -0.1) is 0 Å². The highest BCUT2D eigenvalue weighted by Crippen LogP contribution is 2.09. The number of aromatic nitrogens is 3. The maximum atomic E-state index is 12.4. The first-order valence-corrected chi connectivity index (χ1v) is 10.0. The third kappa shape index (κ3) is 5.94. The van der Waals surface area contributed by atoms with Crippen molar-refractivity contribution in [2.45, 2.75) is 78.9 Å². The van der Waals surface area contributed by atoms with Crippen molar-refractivity contribution >= 4 is 11.8 Å². The molecular formula is C19H33N5O3. The molecule has 1 aliphatic rings. The lowest BCUT2D eigenvalue weighted by Gasteiger charge is -2.22. The van der Waals surface area contributed by atoms with Gasteiger partial charge in [-0.1, -0.05) is 27.7 Å². The fourth-order valence-corrected chi connectivity index (χ4v) is 3.28. The van der Waals surface area contributed by atoms with E-state index in [1.54, 1.807) is 4.57 Å². The Morgan fingerprint density at radius 1 is 1.19 bits per heavy atom. The lowest BCUT2D eigenvalue weighted by atomic mass is 10.0. The van der Waals surface area contributed by atoms with E-state index in [0.29, 0.717) is 25.9 Å². The van der Waals surface area contributed by atoms with Crippen molar-refractivity contribution in [3.8, 4) is 0 Å². The first-order chi connectivity index (χ1) is 12.8. The van der Waals surface area contributed by atoms with Gasteiger partial charge in [-0.2, -0.15) is 5.10 Å². The Morgan fingerprint density at radius 2 is 1.93 bits per heavy atom. The smallest absolute Gasteiger partial charge is 0.345 e. The average Bonchev–Trinajstić information content (AvgIpc) is 2.92. The molecule has 0 fully saturated rings. The number of nitrogens with zero attached hydrogens (tertiary/aromatic N) is 3. The van der Waals surface area contributed by atoms with Crippen LogP contribution in [0.4, 0.5) is 0 Å². The summed E-state index contributed by atoms with van der Waals surface area (Å²) in [5.74, 6) is 0.833. The molecule has 2 amide bonds. The predicted octanol–water partition coefficient (Wildman–Crippen LogP) is 1.07. The lowest BCUT2D eigenvalue weighted by molar-refractivity contribution is -0.130. The van der Waals surface area contributed by atoms with Gasteiger partial charge >= 0.3 is 5.69 Å². The number of nitrogens with one attached hydrogen (secondary N) is 2. The largest absolute Gasteiger partial charge is 0.354 e. The molecule has 1 aromatic heterocycles. The van der Waals surface area contributed by atoms with Crippen LogP contribution in [0, 0.1) is 11.8 Å². The van der Waals surface area contributed by atoms with E-state index < -0.39 is 6.04 Å². The molecule has 8 heteroatoms. The molecule has 0 spiro atoms. The maximum Gasteiger partial charge on any atom is 0.345 e. The van der Waals surface area contributed by atoms with Gasteiger partial charge in [0.2, 0.25) is 11.8 Å². The minimum absolute atomic E-state index is 0.00333. The number of aryl methyl sites for hydroxylation is 2. The van der Waals surface area contributed by atoms with Crippen molar-refractivity contribution in [2.24, 2.45) is 11.8 Å². The van der Waals surface area contributed by atoms with E-state index in [0.717, 1.165) is 31.6 Å². The van der Waals surface area contributed by atoms with Crippen LogP contribution in [0.5, 0.6) is 0 Å². The standard InChI is InChI=1S/C19H33N5O3/c1-13(2)12-16(25)21-17(14(3)4)18(26)20-9-7-11-24-19(27)23-10-6-5-8-15(23)22-24/h13-14,17H,5-12H2,1-4H3,(H,20,26)(H,21,25). The zero-order chi connectivity index (χ0) is 20.0. The summed E-state index contributed by atoms with van der Waals surface area (Å²) in [5, 5.41) is 10.1. The van der Waals surface area contributed by atoms with E-state index in [1.165, 1.54) is 4.68 Å². The van der Waals surface area contributed by atoms with Crippen molar-refractivity contribution in [1.29, 1.82) is 0 Å². The fraction of sp³-hybridized carbons (Fsp3) is 0.789. The molecule has 2 N–H and O–H groups in total. The molecule has 1 unspecified atom stereocenters. The van der Waals surface area contributed by atoms with Gasteiger partial charge in [-0.3, -0.25) is 14.2 Å². The van der Waals surface area contributed by atoms with Gasteiger partial charge in [0.05, 0.1) is 0 Å². The van der Waals surface area contributed by atoms with Gasteiger partial charge in [0.15, 0.2) is 0 Å². The van der Waals surface area contributed by atoms with Crippen LogP contribution in [0.3, 0.4) is 0 Å². The Bertz CT molecular complexity index is 705. The normalized spacial score (nSPS) is 14.9. The predicted molar refractivity (Wildman–Crippen MR) is 103 cm³/mol. The molecule has 0 radical (unpaired) electrons. The molecule has 152 valence electrons. The minimum Gasteiger partial charge on any atom is -0.354 e. The number of carbonyl (C=O) groups excluding carboxylic acids is 2. The molecule has 0 aliphatic carbocycles. The van der Waals surface area contributed by atoms with Crippen LogP contribution in [0.25, 0.3) is 0 Å². The summed E-state index contributed by atoms with van der Waals surface area (Å²) in [5.41, 5.74) is -0.0583. The fourth-order valence-electron chi connectivity index (χ4n) is 3.28. The van der Waals surface area contributed by atoms with Gasteiger partial charge in [-0.25, -0.2) is 9.48 Å². The molecule has 1 aliphatic heterocycles. The van der Waals surface area contributed by atoms with Gasteiger partial charge in [0.1, 0.15) is 11.9 Å². The maximum absolute atomic E-state index is 12.4. The number of fused-ring (bicyclic) bond motifs is 1. The third-order valence-electron chi connectivity index (χ3n) is 4.74. The van der Waals surface area contributed by atoms with E-state index in [4.69, 9.17) is 0 Å². The summed E-state index contributed by atoms with van der Waals surface area (Å²) in [6.45, 7) is 9.43. The molecule has 0 aromatic carbocycles. The molecule has 0 saturated carbocycles. The number of rotatable bonds is 9. The summed E-state index contributed by atoms with van der Waals surface area (Å²) in [6, 6.07) is -0.543. The van der Waals surface area contributed by atoms with Gasteiger partial charge < -0.3 is 10.6 Å². The highest BCUT2D eigenvalue weighted by Gasteiger charge is 2.24. The van der Waals surface area contributed by atoms with Crippen LogP contribution in [0.1, 0.15) is 59.2 Å². The number of hydrogen-bond acceptors (Lipinski definition) is 4. The van der Waals surface area contributed by atoms with Gasteiger partial charge in [0.25, 0.3) is 0 Å². The Balaban J connectivity index is 1.81. The zero-order valence-electron chi connectivity index (χ0n) is 17.0. The van der Waals surface area contributed by atoms with E-state index in [-0.39, 0.29) is 29.3 Å². The third-order valence-corrected chi connectivity index (χ3v) is 4.74. The summed E-state index contributed by atoms with van der Waals surface area (Å²) >= 11 is 0. The number of amides is 2. The second-order valence-electron chi connectivity index (χ2n) is 8.06. The topological polar surface area (TPSA) is 98.0 Å². The summed E-state index contributed by atoms with van der Waals surface area (Å²) < 4.78 is 3.25. The molecule has 27 heavy (non-hydrogen) atoms.